The summed E-state index contributed by atoms with van der Waals surface area (Å²) in [7, 11) is 0. The number of ketones is 2. The van der Waals surface area contributed by atoms with Gasteiger partial charge in [0.2, 0.25) is 0 Å². The van der Waals surface area contributed by atoms with Crippen LogP contribution in [0.3, 0.4) is 0 Å². The van der Waals surface area contributed by atoms with Crippen molar-refractivity contribution < 1.29 is 29.3 Å². The lowest BCUT2D eigenvalue weighted by Crippen LogP contribution is -2.61. The lowest BCUT2D eigenvalue weighted by molar-refractivity contribution is -0.156. The molecule has 2 unspecified atom stereocenters. The molecule has 2 atom stereocenters. The Morgan fingerprint density at radius 2 is 1.76 bits per heavy atom. The minimum absolute atomic E-state index is 0.00194. The third-order valence-electron chi connectivity index (χ3n) is 6.75. The third-order valence-corrected chi connectivity index (χ3v) is 6.75. The summed E-state index contributed by atoms with van der Waals surface area (Å²) in [5, 5.41) is 25.4. The lowest BCUT2D eigenvalue weighted by atomic mass is 9.79. The smallest absolute Gasteiger partial charge is 0.294 e. The molecule has 7 heteroatoms. The third kappa shape index (κ3) is 3.15. The number of rotatable bonds is 4. The van der Waals surface area contributed by atoms with Crippen molar-refractivity contribution in [3.63, 3.8) is 0 Å². The van der Waals surface area contributed by atoms with Gasteiger partial charge in [-0.25, -0.2) is 0 Å². The van der Waals surface area contributed by atoms with Crippen molar-refractivity contribution in [1.82, 2.24) is 5.32 Å². The highest BCUT2D eigenvalue weighted by molar-refractivity contribution is 6.03. The second kappa shape index (κ2) is 7.22. The monoisotopic (exact) mass is 447 g/mol. The molecule has 0 aromatic heterocycles. The van der Waals surface area contributed by atoms with Gasteiger partial charge >= 0.3 is 0 Å². The molecule has 0 bridgehead atoms. The number of benzene rings is 3. The zero-order chi connectivity index (χ0) is 23.5. The largest absolute Gasteiger partial charge is 0.507 e. The van der Waals surface area contributed by atoms with Crippen molar-refractivity contribution in [2.45, 2.75) is 39.0 Å². The van der Waals surface area contributed by atoms with Gasteiger partial charge in [0.15, 0.2) is 5.78 Å². The summed E-state index contributed by atoms with van der Waals surface area (Å²) in [5.74, 6) is -0.742. The molecule has 33 heavy (non-hydrogen) atoms. The van der Waals surface area contributed by atoms with E-state index in [1.54, 1.807) is 42.5 Å². The Hall–Kier alpha value is -3.58. The number of carbonyl (C=O) groups is 2. The molecule has 1 aliphatic carbocycles. The molecule has 5 rings (SSSR count). The molecule has 1 aliphatic heterocycles. The number of ether oxygens (including phenoxy) is 2. The van der Waals surface area contributed by atoms with Gasteiger partial charge in [0, 0.05) is 23.8 Å². The first kappa shape index (κ1) is 21.3. The molecule has 3 aromatic carbocycles. The number of Topliss-reactive ketones (excluding diaryl/α,β-unsaturated/α-hetero) is 2. The molecule has 0 radical (unpaired) electrons. The number of hydrogen-bond donors (Lipinski definition) is 3. The van der Waals surface area contributed by atoms with Crippen molar-refractivity contribution in [2.24, 2.45) is 5.41 Å². The molecule has 2 aliphatic rings. The number of nitrogens with one attached hydrogen (secondary N) is 1. The van der Waals surface area contributed by atoms with Crippen molar-refractivity contribution >= 4 is 22.3 Å². The number of aromatic hydroxyl groups is 2. The van der Waals surface area contributed by atoms with Crippen LogP contribution in [0.2, 0.25) is 0 Å². The molecular formula is C26H25NO6. The second-order valence-electron chi connectivity index (χ2n) is 9.33. The van der Waals surface area contributed by atoms with E-state index in [-0.39, 0.29) is 35.0 Å². The number of phenols is 2. The zero-order valence-corrected chi connectivity index (χ0v) is 18.6. The van der Waals surface area contributed by atoms with E-state index in [4.69, 9.17) is 9.47 Å². The number of phenolic OH excluding ortho intramolecular Hbond substituents is 2. The van der Waals surface area contributed by atoms with Crippen LogP contribution < -0.4 is 14.8 Å². The van der Waals surface area contributed by atoms with Gasteiger partial charge in [0.05, 0.1) is 22.6 Å². The van der Waals surface area contributed by atoms with E-state index in [9.17, 15) is 19.8 Å². The van der Waals surface area contributed by atoms with Gasteiger partial charge < -0.3 is 25.0 Å². The molecule has 0 amide bonds. The highest BCUT2D eigenvalue weighted by Gasteiger charge is 2.55. The molecule has 3 N–H and O–H groups in total. The average Bonchev–Trinajstić information content (AvgIpc) is 2.77. The van der Waals surface area contributed by atoms with Crippen LogP contribution in [0.15, 0.2) is 48.5 Å². The minimum Gasteiger partial charge on any atom is -0.507 e. The van der Waals surface area contributed by atoms with Crippen molar-refractivity contribution in [3.05, 3.63) is 59.7 Å². The van der Waals surface area contributed by atoms with Crippen LogP contribution in [0, 0.1) is 5.41 Å². The molecule has 3 aromatic rings. The van der Waals surface area contributed by atoms with Gasteiger partial charge in [-0.3, -0.25) is 9.59 Å². The van der Waals surface area contributed by atoms with Crippen LogP contribution in [0.4, 0.5) is 0 Å². The van der Waals surface area contributed by atoms with Crippen LogP contribution in [-0.4, -0.2) is 34.4 Å². The van der Waals surface area contributed by atoms with Gasteiger partial charge in [0.25, 0.3) is 5.79 Å². The first-order chi connectivity index (χ1) is 15.6. The van der Waals surface area contributed by atoms with Gasteiger partial charge in [-0.05, 0) is 31.2 Å². The fourth-order valence-electron chi connectivity index (χ4n) is 4.54. The maximum absolute atomic E-state index is 13.1. The Balaban J connectivity index is 1.68. The van der Waals surface area contributed by atoms with Crippen molar-refractivity contribution in [1.29, 1.82) is 0 Å². The van der Waals surface area contributed by atoms with E-state index >= 15 is 0 Å². The van der Waals surface area contributed by atoms with E-state index < -0.39 is 17.2 Å². The topological polar surface area (TPSA) is 105 Å². The van der Waals surface area contributed by atoms with E-state index in [2.05, 4.69) is 5.32 Å². The quantitative estimate of drug-likeness (QED) is 0.554. The predicted octanol–water partition coefficient (Wildman–Crippen LogP) is 4.04. The maximum Gasteiger partial charge on any atom is 0.294 e. The van der Waals surface area contributed by atoms with Crippen LogP contribution >= 0.6 is 0 Å². The SMILES string of the molecule is CC(=O)C(C)(C)CNC1CC(=O)c2c(O)cccc2C12Oc1cccc3c(O)ccc(c13)O2. The molecule has 7 nitrogen and oxygen atoms in total. The van der Waals surface area contributed by atoms with Crippen LogP contribution in [-0.2, 0) is 10.6 Å². The van der Waals surface area contributed by atoms with Crippen LogP contribution in [0.1, 0.15) is 43.1 Å². The highest BCUT2D eigenvalue weighted by atomic mass is 16.7. The van der Waals surface area contributed by atoms with Crippen LogP contribution in [0.25, 0.3) is 10.8 Å². The first-order valence-electron chi connectivity index (χ1n) is 10.9. The Kier molecular flexibility index (Phi) is 4.65. The van der Waals surface area contributed by atoms with Crippen LogP contribution in [0.5, 0.6) is 23.0 Å². The van der Waals surface area contributed by atoms with Crippen molar-refractivity contribution in [2.75, 3.05) is 6.54 Å². The fraction of sp³-hybridized carbons (Fsp3) is 0.308. The molecule has 1 spiro atoms. The van der Waals surface area contributed by atoms with E-state index in [0.29, 0.717) is 34.4 Å². The normalized spacial score (nSPS) is 21.4. The molecule has 0 fully saturated rings. The Bertz CT molecular complexity index is 1300. The Morgan fingerprint density at radius 3 is 2.48 bits per heavy atom. The van der Waals surface area contributed by atoms with E-state index in [1.165, 1.54) is 13.0 Å². The number of fused-ring (bicyclic) bond motifs is 2. The van der Waals surface area contributed by atoms with Gasteiger partial charge in [-0.1, -0.05) is 38.1 Å². The summed E-state index contributed by atoms with van der Waals surface area (Å²) >= 11 is 0. The lowest BCUT2D eigenvalue weighted by Gasteiger charge is -2.47. The molecule has 0 saturated carbocycles. The zero-order valence-electron chi connectivity index (χ0n) is 18.6. The summed E-state index contributed by atoms with van der Waals surface area (Å²) in [6, 6.07) is 12.7. The summed E-state index contributed by atoms with van der Waals surface area (Å²) in [6.45, 7) is 5.50. The van der Waals surface area contributed by atoms with E-state index in [0.717, 1.165) is 0 Å². The van der Waals surface area contributed by atoms with E-state index in [1.807, 2.05) is 13.8 Å². The molecular weight excluding hydrogens is 422 g/mol. The minimum atomic E-state index is -1.47. The summed E-state index contributed by atoms with van der Waals surface area (Å²) < 4.78 is 13.0. The second-order valence-corrected chi connectivity index (χ2v) is 9.33. The highest BCUT2D eigenvalue weighted by Crippen LogP contribution is 2.51. The Morgan fingerprint density at radius 1 is 1.06 bits per heavy atom. The maximum atomic E-state index is 13.1. The summed E-state index contributed by atoms with van der Waals surface area (Å²) in [5.41, 5.74) is -0.0924. The number of hydrogen-bond acceptors (Lipinski definition) is 7. The standard InChI is InChI=1S/C26H25NO6/c1-14(28)25(2,3)13-27-22-12-19(31)24-16(7-5-8-18(24)30)26(22)32-20-9-4-6-15-17(29)10-11-21(33-26)23(15)20/h4-11,22,27,29-30H,12-13H2,1-3H3. The first-order valence-corrected chi connectivity index (χ1v) is 10.9. The Labute approximate surface area is 190 Å². The fourth-order valence-corrected chi connectivity index (χ4v) is 4.54. The molecule has 170 valence electrons. The molecule has 0 saturated heterocycles. The predicted molar refractivity (Wildman–Crippen MR) is 122 cm³/mol. The van der Waals surface area contributed by atoms with Gasteiger partial charge in [-0.15, -0.1) is 0 Å². The summed E-state index contributed by atoms with van der Waals surface area (Å²) in [6.07, 6.45) is 0.00194. The van der Waals surface area contributed by atoms with Gasteiger partial charge in [0.1, 0.15) is 28.8 Å². The van der Waals surface area contributed by atoms with Crippen molar-refractivity contribution in [3.8, 4) is 23.0 Å². The van der Waals surface area contributed by atoms with Gasteiger partial charge in [-0.2, -0.15) is 0 Å². The molecule has 1 heterocycles. The summed E-state index contributed by atoms with van der Waals surface area (Å²) in [4.78, 5) is 25.2. The number of carbonyl (C=O) groups excluding carboxylic acids is 2. The average molecular weight is 447 g/mol.